The zero-order valence-electron chi connectivity index (χ0n) is 20.8. The lowest BCUT2D eigenvalue weighted by atomic mass is 9.98. The van der Waals surface area contributed by atoms with E-state index in [9.17, 15) is 4.79 Å². The van der Waals surface area contributed by atoms with Crippen LogP contribution in [0.15, 0.2) is 71.1 Å². The van der Waals surface area contributed by atoms with Crippen molar-refractivity contribution >= 4 is 22.7 Å². The Hall–Kier alpha value is -3.60. The quantitative estimate of drug-likeness (QED) is 0.224. The highest BCUT2D eigenvalue weighted by Crippen LogP contribution is 2.29. The Kier molecular flexibility index (Phi) is 8.19. The number of anilines is 1. The molecule has 0 saturated carbocycles. The summed E-state index contributed by atoms with van der Waals surface area (Å²) in [7, 11) is 0. The molecule has 1 atom stereocenters. The number of nitrogens with zero attached hydrogens (tertiary/aromatic N) is 1. The average Bonchev–Trinajstić information content (AvgIpc) is 3.32. The van der Waals surface area contributed by atoms with Crippen LogP contribution in [-0.4, -0.2) is 17.5 Å². The van der Waals surface area contributed by atoms with Gasteiger partial charge in [-0.2, -0.15) is 0 Å². The van der Waals surface area contributed by atoms with Crippen molar-refractivity contribution in [1.29, 1.82) is 0 Å². The van der Waals surface area contributed by atoms with Crippen molar-refractivity contribution in [3.63, 3.8) is 0 Å². The van der Waals surface area contributed by atoms with Gasteiger partial charge in [0.25, 0.3) is 5.91 Å². The third kappa shape index (κ3) is 6.30. The number of hydrogen-bond acceptors (Lipinski definition) is 4. The number of oxazole rings is 1. The number of benzene rings is 3. The summed E-state index contributed by atoms with van der Waals surface area (Å²) in [4.78, 5) is 17.5. The van der Waals surface area contributed by atoms with Crippen LogP contribution in [0.5, 0.6) is 5.75 Å². The number of nitrogens with one attached hydrogen (secondary N) is 1. The van der Waals surface area contributed by atoms with Crippen LogP contribution >= 0.6 is 0 Å². The molecule has 0 aliphatic carbocycles. The van der Waals surface area contributed by atoms with Crippen LogP contribution in [0.25, 0.3) is 22.6 Å². The van der Waals surface area contributed by atoms with Crippen LogP contribution < -0.4 is 10.1 Å². The molecule has 5 nitrogen and oxygen atoms in total. The summed E-state index contributed by atoms with van der Waals surface area (Å²) < 4.78 is 11.8. The van der Waals surface area contributed by atoms with Gasteiger partial charge < -0.3 is 14.5 Å². The van der Waals surface area contributed by atoms with E-state index in [1.54, 1.807) is 12.1 Å². The molecule has 182 valence electrons. The largest absolute Gasteiger partial charge is 0.494 e. The molecule has 4 rings (SSSR count). The van der Waals surface area contributed by atoms with Crippen LogP contribution in [0.3, 0.4) is 0 Å². The highest BCUT2D eigenvalue weighted by Gasteiger charge is 2.13. The predicted octanol–water partition coefficient (Wildman–Crippen LogP) is 8.22. The Morgan fingerprint density at radius 1 is 1.00 bits per heavy atom. The van der Waals surface area contributed by atoms with Crippen LogP contribution in [0, 0.1) is 0 Å². The Labute approximate surface area is 207 Å². The van der Waals surface area contributed by atoms with E-state index < -0.39 is 0 Å². The van der Waals surface area contributed by atoms with E-state index in [-0.39, 0.29) is 5.91 Å². The highest BCUT2D eigenvalue weighted by molar-refractivity contribution is 6.04. The zero-order valence-corrected chi connectivity index (χ0v) is 20.8. The van der Waals surface area contributed by atoms with E-state index in [0.29, 0.717) is 29.7 Å². The van der Waals surface area contributed by atoms with Gasteiger partial charge >= 0.3 is 0 Å². The third-order valence-corrected chi connectivity index (χ3v) is 6.34. The van der Waals surface area contributed by atoms with E-state index in [1.807, 2.05) is 42.5 Å². The molecule has 1 heterocycles. The van der Waals surface area contributed by atoms with Gasteiger partial charge in [0, 0.05) is 16.8 Å². The second kappa shape index (κ2) is 11.7. The number of rotatable bonds is 11. The highest BCUT2D eigenvalue weighted by atomic mass is 16.5. The maximum absolute atomic E-state index is 12.8. The molecule has 0 bridgehead atoms. The van der Waals surface area contributed by atoms with Crippen molar-refractivity contribution in [3.05, 3.63) is 77.9 Å². The van der Waals surface area contributed by atoms with Crippen LogP contribution in [-0.2, 0) is 0 Å². The van der Waals surface area contributed by atoms with E-state index >= 15 is 0 Å². The normalized spacial score (nSPS) is 12.0. The van der Waals surface area contributed by atoms with E-state index in [2.05, 4.69) is 38.2 Å². The van der Waals surface area contributed by atoms with Crippen LogP contribution in [0.1, 0.15) is 74.7 Å². The van der Waals surface area contributed by atoms with E-state index in [1.165, 1.54) is 24.8 Å². The molecule has 1 amide bonds. The molecule has 1 N–H and O–H groups in total. The van der Waals surface area contributed by atoms with Gasteiger partial charge in [0.2, 0.25) is 5.89 Å². The van der Waals surface area contributed by atoms with Gasteiger partial charge in [-0.1, -0.05) is 52.2 Å². The molecule has 0 radical (unpaired) electrons. The maximum atomic E-state index is 12.8. The SMILES string of the molecule is CCCCCCOc1ccc(C(=O)Nc2cccc(-c3nc4cc([C@H](C)CC)ccc4o3)c2)cc1. The molecule has 0 aliphatic rings. The molecule has 0 aliphatic heterocycles. The van der Waals surface area contributed by atoms with Gasteiger partial charge in [0.1, 0.15) is 11.3 Å². The molecular weight excluding hydrogens is 436 g/mol. The number of ether oxygens (including phenoxy) is 1. The molecule has 3 aromatic carbocycles. The standard InChI is InChI=1S/C30H34N2O3/c1-4-6-7-8-18-34-26-15-12-22(13-16-26)29(33)31-25-11-9-10-24(19-25)30-32-27-20-23(21(3)5-2)14-17-28(27)35-30/h9-17,19-21H,4-8,18H2,1-3H3,(H,31,33)/t21-/m1/s1. The third-order valence-electron chi connectivity index (χ3n) is 6.34. The fraction of sp³-hybridized carbons (Fsp3) is 0.333. The molecule has 1 aromatic heterocycles. The Balaban J connectivity index is 1.41. The molecule has 0 spiro atoms. The lowest BCUT2D eigenvalue weighted by Gasteiger charge is -2.08. The Morgan fingerprint density at radius 3 is 2.60 bits per heavy atom. The second-order valence-electron chi connectivity index (χ2n) is 9.02. The molecule has 0 unspecified atom stereocenters. The van der Waals surface area contributed by atoms with Gasteiger partial charge in [-0.05, 0) is 78.9 Å². The minimum atomic E-state index is -0.174. The summed E-state index contributed by atoms with van der Waals surface area (Å²) >= 11 is 0. The molecule has 0 fully saturated rings. The van der Waals surface area contributed by atoms with Gasteiger partial charge in [-0.15, -0.1) is 0 Å². The van der Waals surface area contributed by atoms with E-state index in [0.717, 1.165) is 35.3 Å². The first-order chi connectivity index (χ1) is 17.1. The van der Waals surface area contributed by atoms with Crippen molar-refractivity contribution in [2.24, 2.45) is 0 Å². The minimum absolute atomic E-state index is 0.174. The summed E-state index contributed by atoms with van der Waals surface area (Å²) in [5.74, 6) is 1.63. The number of amides is 1. The number of carbonyl (C=O) groups is 1. The van der Waals surface area contributed by atoms with Gasteiger partial charge in [-0.3, -0.25) is 4.79 Å². The zero-order chi connectivity index (χ0) is 24.6. The minimum Gasteiger partial charge on any atom is -0.494 e. The smallest absolute Gasteiger partial charge is 0.255 e. The summed E-state index contributed by atoms with van der Waals surface area (Å²) in [5.41, 5.74) is 4.94. The second-order valence-corrected chi connectivity index (χ2v) is 9.02. The van der Waals surface area contributed by atoms with Crippen molar-refractivity contribution in [2.75, 3.05) is 11.9 Å². The summed E-state index contributed by atoms with van der Waals surface area (Å²) in [6, 6.07) is 21.0. The first-order valence-corrected chi connectivity index (χ1v) is 12.6. The summed E-state index contributed by atoms with van der Waals surface area (Å²) in [6.45, 7) is 7.29. The summed E-state index contributed by atoms with van der Waals surface area (Å²) in [6.07, 6.45) is 5.74. The molecule has 4 aromatic rings. The van der Waals surface area contributed by atoms with Crippen molar-refractivity contribution in [2.45, 2.75) is 58.8 Å². The molecule has 0 saturated heterocycles. The number of unbranched alkanes of at least 4 members (excludes halogenated alkanes) is 3. The fourth-order valence-electron chi connectivity index (χ4n) is 3.96. The Morgan fingerprint density at radius 2 is 1.83 bits per heavy atom. The van der Waals surface area contributed by atoms with Crippen molar-refractivity contribution < 1.29 is 13.9 Å². The molecule has 5 heteroatoms. The maximum Gasteiger partial charge on any atom is 0.255 e. The monoisotopic (exact) mass is 470 g/mol. The molecular formula is C30H34N2O3. The average molecular weight is 471 g/mol. The first-order valence-electron chi connectivity index (χ1n) is 12.6. The summed E-state index contributed by atoms with van der Waals surface area (Å²) in [5, 5.41) is 2.97. The van der Waals surface area contributed by atoms with Crippen LogP contribution in [0.2, 0.25) is 0 Å². The number of hydrogen-bond donors (Lipinski definition) is 1. The number of carbonyl (C=O) groups excluding carboxylic acids is 1. The Bertz CT molecular complexity index is 1260. The topological polar surface area (TPSA) is 64.4 Å². The number of fused-ring (bicyclic) bond motifs is 1. The molecule has 35 heavy (non-hydrogen) atoms. The van der Waals surface area contributed by atoms with Gasteiger partial charge in [0.05, 0.1) is 6.61 Å². The lowest BCUT2D eigenvalue weighted by Crippen LogP contribution is -2.11. The van der Waals surface area contributed by atoms with Crippen LogP contribution in [0.4, 0.5) is 5.69 Å². The van der Waals surface area contributed by atoms with Gasteiger partial charge in [0.15, 0.2) is 5.58 Å². The first kappa shape index (κ1) is 24.5. The fourth-order valence-corrected chi connectivity index (χ4v) is 3.96. The predicted molar refractivity (Wildman–Crippen MR) is 142 cm³/mol. The van der Waals surface area contributed by atoms with Crippen molar-refractivity contribution in [1.82, 2.24) is 4.98 Å². The van der Waals surface area contributed by atoms with E-state index in [4.69, 9.17) is 14.1 Å². The lowest BCUT2D eigenvalue weighted by molar-refractivity contribution is 0.102. The van der Waals surface area contributed by atoms with Crippen molar-refractivity contribution in [3.8, 4) is 17.2 Å². The van der Waals surface area contributed by atoms with Gasteiger partial charge in [-0.25, -0.2) is 4.98 Å². The number of aromatic nitrogens is 1.